The fraction of sp³-hybridized carbons (Fsp3) is 0.222. The zero-order valence-corrected chi connectivity index (χ0v) is 6.62. The van der Waals surface area contributed by atoms with Gasteiger partial charge in [-0.1, -0.05) is 12.1 Å². The molecule has 0 fully saturated rings. The Morgan fingerprint density at radius 3 is 2.91 bits per heavy atom. The fourth-order valence-electron chi connectivity index (χ4n) is 0.871. The van der Waals surface area contributed by atoms with Gasteiger partial charge in [-0.25, -0.2) is 0 Å². The topological polar surface area (TPSA) is 38.9 Å². The summed E-state index contributed by atoms with van der Waals surface area (Å²) in [6.07, 6.45) is 1.68. The molecule has 11 heavy (non-hydrogen) atoms. The maximum absolute atomic E-state index is 5.68. The van der Waals surface area contributed by atoms with Gasteiger partial charge < -0.3 is 5.73 Å². The van der Waals surface area contributed by atoms with Crippen LogP contribution in [0.15, 0.2) is 30.9 Å². The molecule has 0 amide bonds. The van der Waals surface area contributed by atoms with Crippen molar-refractivity contribution in [3.8, 4) is 0 Å². The van der Waals surface area contributed by atoms with Crippen molar-refractivity contribution in [2.45, 2.75) is 13.0 Å². The van der Waals surface area contributed by atoms with E-state index in [-0.39, 0.29) is 6.04 Å². The molecule has 0 spiro atoms. The Morgan fingerprint density at radius 1 is 1.64 bits per heavy atom. The Balaban J connectivity index is 2.95. The minimum absolute atomic E-state index is 0.144. The van der Waals surface area contributed by atoms with Gasteiger partial charge in [0.2, 0.25) is 0 Å². The molecule has 2 N–H and O–H groups in total. The molecule has 0 aromatic carbocycles. The van der Waals surface area contributed by atoms with E-state index in [9.17, 15) is 0 Å². The van der Waals surface area contributed by atoms with Crippen LogP contribution < -0.4 is 5.73 Å². The first-order valence-electron chi connectivity index (χ1n) is 3.55. The maximum atomic E-state index is 5.68. The molecule has 1 rings (SSSR count). The minimum Gasteiger partial charge on any atom is -0.319 e. The van der Waals surface area contributed by atoms with Crippen LogP contribution in [-0.2, 0) is 0 Å². The minimum atomic E-state index is -0.144. The largest absolute Gasteiger partial charge is 0.319 e. The zero-order chi connectivity index (χ0) is 8.27. The van der Waals surface area contributed by atoms with E-state index in [1.165, 1.54) is 0 Å². The van der Waals surface area contributed by atoms with Gasteiger partial charge in [-0.2, -0.15) is 0 Å². The third kappa shape index (κ3) is 1.88. The second-order valence-electron chi connectivity index (χ2n) is 2.47. The highest BCUT2D eigenvalue weighted by Crippen LogP contribution is 2.07. The second kappa shape index (κ2) is 3.30. The summed E-state index contributed by atoms with van der Waals surface area (Å²) in [4.78, 5) is 4.25. The SMILES string of the molecule is C=CC(N)c1cccc(C)n1. The van der Waals surface area contributed by atoms with Gasteiger partial charge in [0.05, 0.1) is 11.7 Å². The summed E-state index contributed by atoms with van der Waals surface area (Å²) in [7, 11) is 0. The molecule has 0 saturated carbocycles. The van der Waals surface area contributed by atoms with Gasteiger partial charge in [-0.3, -0.25) is 4.98 Å². The van der Waals surface area contributed by atoms with Crippen LogP contribution in [0.5, 0.6) is 0 Å². The van der Waals surface area contributed by atoms with E-state index in [0.29, 0.717) is 0 Å². The Bertz CT molecular complexity index is 255. The molecule has 0 aliphatic heterocycles. The summed E-state index contributed by atoms with van der Waals surface area (Å²) in [5.41, 5.74) is 7.54. The molecule has 58 valence electrons. The van der Waals surface area contributed by atoms with Crippen molar-refractivity contribution in [2.75, 3.05) is 0 Å². The summed E-state index contributed by atoms with van der Waals surface area (Å²) in [6.45, 7) is 5.55. The van der Waals surface area contributed by atoms with E-state index in [2.05, 4.69) is 11.6 Å². The normalized spacial score (nSPS) is 12.5. The summed E-state index contributed by atoms with van der Waals surface area (Å²) >= 11 is 0. The van der Waals surface area contributed by atoms with E-state index in [1.54, 1.807) is 6.08 Å². The van der Waals surface area contributed by atoms with Crippen molar-refractivity contribution in [3.63, 3.8) is 0 Å². The number of rotatable bonds is 2. The Labute approximate surface area is 66.8 Å². The standard InChI is InChI=1S/C9H12N2/c1-3-8(10)9-6-4-5-7(2)11-9/h3-6,8H,1,10H2,2H3. The molecule has 1 aromatic heterocycles. The summed E-state index contributed by atoms with van der Waals surface area (Å²) in [6, 6.07) is 5.65. The second-order valence-corrected chi connectivity index (χ2v) is 2.47. The molecule has 2 nitrogen and oxygen atoms in total. The molecule has 2 heteroatoms. The third-order valence-electron chi connectivity index (χ3n) is 1.51. The van der Waals surface area contributed by atoms with Gasteiger partial charge in [0, 0.05) is 5.69 Å². The van der Waals surface area contributed by atoms with E-state index in [4.69, 9.17) is 5.73 Å². The lowest BCUT2D eigenvalue weighted by atomic mass is 10.2. The molecule has 0 aliphatic rings. The van der Waals surface area contributed by atoms with E-state index in [1.807, 2.05) is 25.1 Å². The average Bonchev–Trinajstić information content (AvgIpc) is 2.03. The molecule has 1 aromatic rings. The quantitative estimate of drug-likeness (QED) is 0.646. The highest BCUT2D eigenvalue weighted by atomic mass is 14.8. The average molecular weight is 148 g/mol. The molecule has 1 atom stereocenters. The van der Waals surface area contributed by atoms with Crippen molar-refractivity contribution >= 4 is 0 Å². The van der Waals surface area contributed by atoms with Gasteiger partial charge in [0.25, 0.3) is 0 Å². The number of nitrogens with two attached hydrogens (primary N) is 1. The summed E-state index contributed by atoms with van der Waals surface area (Å²) < 4.78 is 0. The number of aryl methyl sites for hydroxylation is 1. The van der Waals surface area contributed by atoms with Crippen LogP contribution in [0.2, 0.25) is 0 Å². The van der Waals surface area contributed by atoms with Crippen LogP contribution in [-0.4, -0.2) is 4.98 Å². The molecular weight excluding hydrogens is 136 g/mol. The lowest BCUT2D eigenvalue weighted by Gasteiger charge is -2.04. The molecule has 1 heterocycles. The van der Waals surface area contributed by atoms with Crippen molar-refractivity contribution < 1.29 is 0 Å². The first-order chi connectivity index (χ1) is 5.24. The van der Waals surface area contributed by atoms with E-state index in [0.717, 1.165) is 11.4 Å². The van der Waals surface area contributed by atoms with Crippen LogP contribution >= 0.6 is 0 Å². The summed E-state index contributed by atoms with van der Waals surface area (Å²) in [5.74, 6) is 0. The van der Waals surface area contributed by atoms with Crippen LogP contribution in [0, 0.1) is 6.92 Å². The van der Waals surface area contributed by atoms with Gasteiger partial charge in [-0.05, 0) is 19.1 Å². The van der Waals surface area contributed by atoms with Gasteiger partial charge in [0.1, 0.15) is 0 Å². The number of aromatic nitrogens is 1. The first-order valence-corrected chi connectivity index (χ1v) is 3.55. The Kier molecular flexibility index (Phi) is 2.39. The molecule has 1 unspecified atom stereocenters. The van der Waals surface area contributed by atoms with Crippen LogP contribution in [0.1, 0.15) is 17.4 Å². The van der Waals surface area contributed by atoms with Crippen molar-refractivity contribution in [3.05, 3.63) is 42.2 Å². The van der Waals surface area contributed by atoms with E-state index >= 15 is 0 Å². The molecular formula is C9H12N2. The van der Waals surface area contributed by atoms with Crippen LogP contribution in [0.4, 0.5) is 0 Å². The highest BCUT2D eigenvalue weighted by molar-refractivity contribution is 5.16. The molecule has 0 bridgehead atoms. The molecule has 0 saturated heterocycles. The van der Waals surface area contributed by atoms with Gasteiger partial charge in [0.15, 0.2) is 0 Å². The predicted molar refractivity (Wildman–Crippen MR) is 46.1 cm³/mol. The van der Waals surface area contributed by atoms with Crippen molar-refractivity contribution in [1.82, 2.24) is 4.98 Å². The van der Waals surface area contributed by atoms with Crippen LogP contribution in [0.3, 0.4) is 0 Å². The Hall–Kier alpha value is -1.15. The lowest BCUT2D eigenvalue weighted by Crippen LogP contribution is -2.08. The predicted octanol–water partition coefficient (Wildman–Crippen LogP) is 1.58. The monoisotopic (exact) mass is 148 g/mol. The van der Waals surface area contributed by atoms with Crippen molar-refractivity contribution in [1.29, 1.82) is 0 Å². The van der Waals surface area contributed by atoms with Crippen molar-refractivity contribution in [2.24, 2.45) is 5.73 Å². The lowest BCUT2D eigenvalue weighted by molar-refractivity contribution is 0.855. The Morgan fingerprint density at radius 2 is 2.36 bits per heavy atom. The smallest absolute Gasteiger partial charge is 0.0653 e. The number of pyridine rings is 1. The van der Waals surface area contributed by atoms with Gasteiger partial charge >= 0.3 is 0 Å². The molecule has 0 aliphatic carbocycles. The number of hydrogen-bond donors (Lipinski definition) is 1. The first kappa shape index (κ1) is 7.95. The van der Waals surface area contributed by atoms with Gasteiger partial charge in [-0.15, -0.1) is 6.58 Å². The fourth-order valence-corrected chi connectivity index (χ4v) is 0.871. The number of nitrogens with zero attached hydrogens (tertiary/aromatic N) is 1. The maximum Gasteiger partial charge on any atom is 0.0653 e. The zero-order valence-electron chi connectivity index (χ0n) is 6.62. The third-order valence-corrected chi connectivity index (χ3v) is 1.51. The van der Waals surface area contributed by atoms with E-state index < -0.39 is 0 Å². The summed E-state index contributed by atoms with van der Waals surface area (Å²) in [5, 5.41) is 0. The number of hydrogen-bond acceptors (Lipinski definition) is 2. The molecule has 0 radical (unpaired) electrons. The van der Waals surface area contributed by atoms with Crippen LogP contribution in [0.25, 0.3) is 0 Å². The highest BCUT2D eigenvalue weighted by Gasteiger charge is 2.00.